The Kier molecular flexibility index (Phi) is 5.89. The Morgan fingerprint density at radius 1 is 1.42 bits per heavy atom. The number of nitrogens with two attached hydrogens (primary N) is 1. The van der Waals surface area contributed by atoms with Crippen molar-refractivity contribution in [3.8, 4) is 0 Å². The van der Waals surface area contributed by atoms with Crippen LogP contribution in [-0.2, 0) is 21.4 Å². The fourth-order valence-electron chi connectivity index (χ4n) is 2.23. The van der Waals surface area contributed by atoms with Gasteiger partial charge in [0, 0.05) is 12.6 Å². The third-order valence-corrected chi connectivity index (χ3v) is 5.57. The number of carbonyl (C=O) groups is 1. The minimum atomic E-state index is -3.77. The van der Waals surface area contributed by atoms with Crippen LogP contribution in [0.25, 0.3) is 11.0 Å². The van der Waals surface area contributed by atoms with Crippen molar-refractivity contribution in [3.63, 3.8) is 0 Å². The topological polar surface area (TPSA) is 107 Å². The maximum atomic E-state index is 11.9. The molecular weight excluding hydrogens is 348 g/mol. The maximum Gasteiger partial charge on any atom is 0.238 e. The quantitative estimate of drug-likeness (QED) is 0.722. The number of sulfonamides is 1. The third-order valence-electron chi connectivity index (χ3n) is 3.68. The van der Waals surface area contributed by atoms with Crippen molar-refractivity contribution in [1.82, 2.24) is 14.9 Å². The summed E-state index contributed by atoms with van der Waals surface area (Å²) in [5, 5.41) is 8.75. The van der Waals surface area contributed by atoms with Gasteiger partial charge in [-0.15, -0.1) is 0 Å². The summed E-state index contributed by atoms with van der Waals surface area (Å²) in [6.07, 6.45) is 0.875. The van der Waals surface area contributed by atoms with E-state index in [1.165, 1.54) is 23.9 Å². The van der Waals surface area contributed by atoms with Crippen LogP contribution in [0.1, 0.15) is 27.2 Å². The first kappa shape index (κ1) is 18.8. The summed E-state index contributed by atoms with van der Waals surface area (Å²) in [5.41, 5.74) is 1.36. The lowest BCUT2D eigenvalue weighted by atomic mass is 10.3. The summed E-state index contributed by atoms with van der Waals surface area (Å²) in [6, 6.07) is 4.75. The molecule has 0 bridgehead atoms. The molecule has 1 amide bonds. The van der Waals surface area contributed by atoms with Crippen molar-refractivity contribution in [3.05, 3.63) is 18.2 Å². The van der Waals surface area contributed by atoms with Gasteiger partial charge >= 0.3 is 0 Å². The summed E-state index contributed by atoms with van der Waals surface area (Å²) in [7, 11) is -3.77. The van der Waals surface area contributed by atoms with Crippen LogP contribution in [0.3, 0.4) is 0 Å². The minimum absolute atomic E-state index is 0.0295. The summed E-state index contributed by atoms with van der Waals surface area (Å²) >= 11 is 1.33. The molecule has 9 heteroatoms. The Hall–Kier alpha value is -1.58. The highest BCUT2D eigenvalue weighted by atomic mass is 32.2. The first-order chi connectivity index (χ1) is 11.3. The number of hydrogen-bond acceptors (Lipinski definition) is 5. The molecule has 132 valence electrons. The Labute approximate surface area is 146 Å². The van der Waals surface area contributed by atoms with Crippen molar-refractivity contribution < 1.29 is 13.2 Å². The van der Waals surface area contributed by atoms with Crippen molar-refractivity contribution in [2.45, 2.75) is 49.8 Å². The lowest BCUT2D eigenvalue weighted by molar-refractivity contribution is -0.119. The van der Waals surface area contributed by atoms with Gasteiger partial charge in [-0.2, -0.15) is 0 Å². The summed E-state index contributed by atoms with van der Waals surface area (Å²) in [6.45, 7) is 6.61. The van der Waals surface area contributed by atoms with Gasteiger partial charge in [0.25, 0.3) is 0 Å². The van der Waals surface area contributed by atoms with Gasteiger partial charge in [-0.3, -0.25) is 4.79 Å². The van der Waals surface area contributed by atoms with E-state index < -0.39 is 10.0 Å². The number of rotatable bonds is 7. The second kappa shape index (κ2) is 7.54. The van der Waals surface area contributed by atoms with Gasteiger partial charge in [0.1, 0.15) is 0 Å². The van der Waals surface area contributed by atoms with Crippen molar-refractivity contribution in [2.24, 2.45) is 5.14 Å². The fourth-order valence-corrected chi connectivity index (χ4v) is 3.65. The van der Waals surface area contributed by atoms with Gasteiger partial charge in [-0.25, -0.2) is 18.5 Å². The zero-order valence-electron chi connectivity index (χ0n) is 13.9. The number of aromatic nitrogens is 2. The van der Waals surface area contributed by atoms with E-state index in [1.54, 1.807) is 6.07 Å². The molecule has 0 aliphatic carbocycles. The number of nitrogens with zero attached hydrogens (tertiary/aromatic N) is 2. The van der Waals surface area contributed by atoms with E-state index >= 15 is 0 Å². The summed E-state index contributed by atoms with van der Waals surface area (Å²) in [4.78, 5) is 16.4. The molecule has 2 rings (SSSR count). The van der Waals surface area contributed by atoms with Gasteiger partial charge in [-0.05, 0) is 38.5 Å². The smallest absolute Gasteiger partial charge is 0.238 e. The van der Waals surface area contributed by atoms with Crippen LogP contribution in [0.4, 0.5) is 0 Å². The normalized spacial score (nSPS) is 13.2. The van der Waals surface area contributed by atoms with Gasteiger partial charge in [0.05, 0.1) is 21.7 Å². The number of benzene rings is 1. The highest BCUT2D eigenvalue weighted by Gasteiger charge is 2.15. The van der Waals surface area contributed by atoms with Crippen LogP contribution < -0.4 is 10.5 Å². The molecule has 1 heterocycles. The van der Waals surface area contributed by atoms with Gasteiger partial charge in [-0.1, -0.05) is 18.7 Å². The first-order valence-corrected chi connectivity index (χ1v) is 10.2. The van der Waals surface area contributed by atoms with E-state index in [-0.39, 0.29) is 22.6 Å². The molecule has 0 saturated carbocycles. The van der Waals surface area contributed by atoms with Crippen LogP contribution in [-0.4, -0.2) is 35.7 Å². The predicted octanol–water partition coefficient (Wildman–Crippen LogP) is 1.71. The number of nitrogens with one attached hydrogen (secondary N) is 1. The van der Waals surface area contributed by atoms with Crippen molar-refractivity contribution in [2.75, 3.05) is 5.75 Å². The molecule has 0 aliphatic rings. The number of fused-ring (bicyclic) bond motifs is 1. The van der Waals surface area contributed by atoms with E-state index in [1.807, 2.05) is 25.3 Å². The van der Waals surface area contributed by atoms with Crippen LogP contribution in [0, 0.1) is 0 Å². The second-order valence-electron chi connectivity index (χ2n) is 5.50. The largest absolute Gasteiger partial charge is 0.353 e. The lowest BCUT2D eigenvalue weighted by Gasteiger charge is -2.11. The maximum absolute atomic E-state index is 11.9. The van der Waals surface area contributed by atoms with E-state index in [4.69, 9.17) is 5.14 Å². The van der Waals surface area contributed by atoms with E-state index in [0.717, 1.165) is 11.9 Å². The van der Waals surface area contributed by atoms with Gasteiger partial charge < -0.3 is 9.88 Å². The van der Waals surface area contributed by atoms with E-state index in [0.29, 0.717) is 17.2 Å². The number of imidazole rings is 1. The molecule has 1 aromatic heterocycles. The van der Waals surface area contributed by atoms with Crippen molar-refractivity contribution in [1.29, 1.82) is 0 Å². The zero-order valence-corrected chi connectivity index (χ0v) is 15.6. The number of primary sulfonamides is 1. The molecular formula is C15H22N4O3S2. The molecule has 3 N–H and O–H groups in total. The molecule has 0 aliphatic heterocycles. The Morgan fingerprint density at radius 3 is 2.71 bits per heavy atom. The Balaban J connectivity index is 2.25. The average Bonchev–Trinajstić information content (AvgIpc) is 2.88. The first-order valence-electron chi connectivity index (χ1n) is 7.71. The van der Waals surface area contributed by atoms with E-state index in [2.05, 4.69) is 10.3 Å². The number of carbonyl (C=O) groups excluding carboxylic acids is 1. The molecule has 0 spiro atoms. The molecule has 0 radical (unpaired) electrons. The second-order valence-corrected chi connectivity index (χ2v) is 8.00. The fraction of sp³-hybridized carbons (Fsp3) is 0.467. The predicted molar refractivity (Wildman–Crippen MR) is 95.4 cm³/mol. The lowest BCUT2D eigenvalue weighted by Crippen LogP contribution is -2.33. The number of hydrogen-bond donors (Lipinski definition) is 2. The molecule has 2 aromatic rings. The zero-order chi connectivity index (χ0) is 17.9. The standard InChI is InChI=1S/C15H22N4O3S2/c1-4-10(3)17-14(20)9-23-15-18-12-8-11(24(16,21)22)6-7-13(12)19(15)5-2/h6-8,10H,4-5,9H2,1-3H3,(H,17,20)(H2,16,21,22). The van der Waals surface area contributed by atoms with Crippen LogP contribution >= 0.6 is 11.8 Å². The molecule has 7 nitrogen and oxygen atoms in total. The molecule has 24 heavy (non-hydrogen) atoms. The Morgan fingerprint density at radius 2 is 2.12 bits per heavy atom. The molecule has 0 fully saturated rings. The molecule has 0 saturated heterocycles. The molecule has 1 atom stereocenters. The van der Waals surface area contributed by atoms with Crippen molar-refractivity contribution >= 4 is 38.7 Å². The third kappa shape index (κ3) is 4.28. The molecule has 1 aromatic carbocycles. The van der Waals surface area contributed by atoms with E-state index in [9.17, 15) is 13.2 Å². The average molecular weight is 371 g/mol. The number of amides is 1. The van der Waals surface area contributed by atoms with Gasteiger partial charge in [0.15, 0.2) is 5.16 Å². The number of thioether (sulfide) groups is 1. The Bertz CT molecular complexity index is 846. The summed E-state index contributed by atoms with van der Waals surface area (Å²) < 4.78 is 24.9. The summed E-state index contributed by atoms with van der Waals surface area (Å²) in [5.74, 6) is 0.213. The molecule has 1 unspecified atom stereocenters. The number of aryl methyl sites for hydroxylation is 1. The van der Waals surface area contributed by atoms with Crippen LogP contribution in [0.2, 0.25) is 0 Å². The van der Waals surface area contributed by atoms with Gasteiger partial charge in [0.2, 0.25) is 15.9 Å². The highest BCUT2D eigenvalue weighted by molar-refractivity contribution is 7.99. The van der Waals surface area contributed by atoms with Crippen LogP contribution in [0.5, 0.6) is 0 Å². The highest BCUT2D eigenvalue weighted by Crippen LogP contribution is 2.25. The monoisotopic (exact) mass is 370 g/mol. The van der Waals surface area contributed by atoms with Crippen LogP contribution in [0.15, 0.2) is 28.3 Å². The minimum Gasteiger partial charge on any atom is -0.353 e. The SMILES string of the molecule is CCC(C)NC(=O)CSc1nc2cc(S(N)(=O)=O)ccc2n1CC.